The highest BCUT2D eigenvalue weighted by atomic mass is 16.8. The van der Waals surface area contributed by atoms with Crippen LogP contribution in [0.5, 0.6) is 0 Å². The van der Waals surface area contributed by atoms with Gasteiger partial charge in [0.1, 0.15) is 48.8 Å². The van der Waals surface area contributed by atoms with Crippen molar-refractivity contribution in [3.8, 4) is 0 Å². The van der Waals surface area contributed by atoms with E-state index in [2.05, 4.69) is 51.6 Å². The van der Waals surface area contributed by atoms with Gasteiger partial charge < -0.3 is 80.5 Å². The Kier molecular flexibility index (Phi) is 18.3. The molecule has 20 nitrogen and oxygen atoms in total. The van der Waals surface area contributed by atoms with Gasteiger partial charge in [0.15, 0.2) is 37.7 Å². The summed E-state index contributed by atoms with van der Waals surface area (Å²) < 4.78 is 109. The van der Waals surface area contributed by atoms with Crippen molar-refractivity contribution in [3.05, 3.63) is 46.3 Å². The Morgan fingerprint density at radius 3 is 1.65 bits per heavy atom. The van der Waals surface area contributed by atoms with E-state index in [0.29, 0.717) is 13.0 Å². The van der Waals surface area contributed by atoms with E-state index < -0.39 is 98.7 Å². The van der Waals surface area contributed by atoms with Crippen molar-refractivity contribution in [1.29, 1.82) is 0 Å². The molecule has 0 N–H and O–H groups in total. The molecular weight excluding hydrogens is 903 g/mol. The lowest BCUT2D eigenvalue weighted by molar-refractivity contribution is -0.381. The van der Waals surface area contributed by atoms with Gasteiger partial charge in [-0.05, 0) is 23.8 Å². The van der Waals surface area contributed by atoms with Crippen molar-refractivity contribution in [2.24, 2.45) is 40.6 Å². The van der Waals surface area contributed by atoms with Crippen LogP contribution in [0, 0.1) is 35.5 Å². The molecule has 0 aromatic heterocycles. The Morgan fingerprint density at radius 2 is 1.06 bits per heavy atom. The molecule has 1 aromatic carbocycles. The molecule has 0 saturated carbocycles. The molecule has 7 fully saturated rings. The van der Waals surface area contributed by atoms with Gasteiger partial charge in [0.05, 0.1) is 63.1 Å². The third-order valence-electron chi connectivity index (χ3n) is 15.9. The number of fused-ring (bicyclic) bond motifs is 3. The molecule has 2 bridgehead atoms. The number of benzene rings is 1. The van der Waals surface area contributed by atoms with Gasteiger partial charge in [0, 0.05) is 69.7 Å². The second-order valence-electron chi connectivity index (χ2n) is 19.9. The number of azide groups is 1. The van der Waals surface area contributed by atoms with Crippen LogP contribution in [0.2, 0.25) is 0 Å². The van der Waals surface area contributed by atoms with E-state index >= 15 is 0 Å². The largest absolute Gasteiger partial charge is 0.382 e. The summed E-state index contributed by atoms with van der Waals surface area (Å²) in [5.74, 6) is -0.481. The second-order valence-corrected chi connectivity index (χ2v) is 19.9. The Balaban J connectivity index is 0.919. The SMILES string of the molecule is CCC1O[C@@H](O[C@H]2C(C)C(C)[C@@H](O[C@H]3C(C)C(OC)[C@H](O[C@H]4C5CO[C@H](O5)C(N=[N+]=[N-])[C@@H]4OC)O[C@H]3COC)O[C@H]2COC)C(OC)[C@@H](C)[C@@H]1O[C@@H]1OC2COC(c3ccccc3)O[C@H]2[C@H](C)C1C. The van der Waals surface area contributed by atoms with Crippen LogP contribution in [0.25, 0.3) is 10.4 Å². The molecule has 0 spiro atoms. The minimum Gasteiger partial charge on any atom is -0.382 e. The first-order valence-corrected chi connectivity index (χ1v) is 24.8. The standard InChI is InChI=1S/C49H77N3O17/c1-13-30-38(65-45-26(5)24(3)37-33(62-45)21-58-46(67-37)29-17-15-14-16-18-29)27(6)40(55-10)48(60-30)68-36-23(2)25(4)44(61-31(36)19-53-8)66-39-28(7)41(56-11)49(64-32(39)20-54-9)69-42-34-22-59-47(63-34)35(51-52-50)43(42)57-12/h14-18,23-28,30-49H,13,19-22H2,1-12H3/t23?,24-,25?,26?,27+,28?,30?,31+,32+,33?,34?,35?,36+,37+,38+,39+,40?,41?,42+,43+,44-,45+,46?,47-,48+,49+/m1/s1. The summed E-state index contributed by atoms with van der Waals surface area (Å²) in [6, 6.07) is 9.25. The topological polar surface area (TPSA) is 206 Å². The van der Waals surface area contributed by atoms with E-state index in [1.807, 2.05) is 37.3 Å². The first kappa shape index (κ1) is 53.2. The number of hydrogen-bond acceptors (Lipinski definition) is 18. The Morgan fingerprint density at radius 1 is 0.536 bits per heavy atom. The van der Waals surface area contributed by atoms with Gasteiger partial charge in [-0.25, -0.2) is 0 Å². The quantitative estimate of drug-likeness (QED) is 0.101. The van der Waals surface area contributed by atoms with Crippen LogP contribution < -0.4 is 0 Å². The van der Waals surface area contributed by atoms with E-state index in [-0.39, 0.29) is 79.7 Å². The number of rotatable bonds is 18. The van der Waals surface area contributed by atoms with Crippen LogP contribution in [0.15, 0.2) is 35.4 Å². The molecule has 69 heavy (non-hydrogen) atoms. The van der Waals surface area contributed by atoms with E-state index in [9.17, 15) is 5.53 Å². The van der Waals surface area contributed by atoms with Crippen LogP contribution in [0.3, 0.4) is 0 Å². The third kappa shape index (κ3) is 10.9. The smallest absolute Gasteiger partial charge is 0.185 e. The average Bonchev–Trinajstić information content (AvgIpc) is 3.80. The lowest BCUT2D eigenvalue weighted by Gasteiger charge is -2.52. The highest BCUT2D eigenvalue weighted by Crippen LogP contribution is 2.45. The highest BCUT2D eigenvalue weighted by molar-refractivity contribution is 5.16. The van der Waals surface area contributed by atoms with Gasteiger partial charge in [0.2, 0.25) is 0 Å². The number of methoxy groups -OCH3 is 5. The van der Waals surface area contributed by atoms with Gasteiger partial charge >= 0.3 is 0 Å². The maximum atomic E-state index is 9.31. The fraction of sp³-hybridized carbons (Fsp3) is 0.878. The molecule has 7 aliphatic rings. The minimum atomic E-state index is -0.879. The van der Waals surface area contributed by atoms with Crippen molar-refractivity contribution in [2.75, 3.05) is 62.0 Å². The lowest BCUT2D eigenvalue weighted by atomic mass is 9.83. The Bertz CT molecular complexity index is 1800. The van der Waals surface area contributed by atoms with E-state index in [4.69, 9.17) is 80.5 Å². The number of hydrogen-bond donors (Lipinski definition) is 0. The zero-order valence-corrected chi connectivity index (χ0v) is 42.2. The van der Waals surface area contributed by atoms with Gasteiger partial charge in [-0.15, -0.1) is 0 Å². The summed E-state index contributed by atoms with van der Waals surface area (Å²) in [5, 5.41) is 3.92. The second kappa shape index (κ2) is 23.8. The molecule has 11 unspecified atom stereocenters. The fourth-order valence-electron chi connectivity index (χ4n) is 11.5. The highest BCUT2D eigenvalue weighted by Gasteiger charge is 2.57. The van der Waals surface area contributed by atoms with Crippen LogP contribution in [-0.4, -0.2) is 179 Å². The molecule has 26 atom stereocenters. The molecule has 390 valence electrons. The van der Waals surface area contributed by atoms with Gasteiger partial charge in [-0.1, -0.05) is 83.9 Å². The first-order chi connectivity index (χ1) is 33.4. The molecule has 1 aromatic rings. The Hall–Kier alpha value is -2.15. The molecule has 20 heteroatoms. The van der Waals surface area contributed by atoms with E-state index in [1.165, 1.54) is 0 Å². The molecule has 8 rings (SSSR count). The van der Waals surface area contributed by atoms with Crippen molar-refractivity contribution >= 4 is 0 Å². The van der Waals surface area contributed by atoms with Crippen molar-refractivity contribution in [3.63, 3.8) is 0 Å². The predicted octanol–water partition coefficient (Wildman–Crippen LogP) is 5.54. The summed E-state index contributed by atoms with van der Waals surface area (Å²) in [7, 11) is 8.08. The van der Waals surface area contributed by atoms with Crippen molar-refractivity contribution < 1.29 is 80.5 Å². The summed E-state index contributed by atoms with van der Waals surface area (Å²) >= 11 is 0. The summed E-state index contributed by atoms with van der Waals surface area (Å²) in [5.41, 5.74) is 10.3. The van der Waals surface area contributed by atoms with Gasteiger partial charge in [0.25, 0.3) is 0 Å². The van der Waals surface area contributed by atoms with Gasteiger partial charge in [-0.2, -0.15) is 0 Å². The first-order valence-electron chi connectivity index (χ1n) is 24.8. The minimum absolute atomic E-state index is 0.0284. The van der Waals surface area contributed by atoms with E-state index in [1.54, 1.807) is 35.5 Å². The summed E-state index contributed by atoms with van der Waals surface area (Å²) in [6.45, 7) is 15.9. The fourth-order valence-corrected chi connectivity index (χ4v) is 11.5. The molecule has 0 amide bonds. The molecule has 0 radical (unpaired) electrons. The van der Waals surface area contributed by atoms with Crippen molar-refractivity contribution in [2.45, 2.75) is 178 Å². The van der Waals surface area contributed by atoms with Crippen LogP contribution in [0.4, 0.5) is 0 Å². The maximum absolute atomic E-state index is 9.31. The zero-order valence-electron chi connectivity index (χ0n) is 42.2. The van der Waals surface area contributed by atoms with Crippen LogP contribution in [0.1, 0.15) is 66.7 Å². The van der Waals surface area contributed by atoms with Crippen molar-refractivity contribution in [1.82, 2.24) is 0 Å². The lowest BCUT2D eigenvalue weighted by Crippen LogP contribution is -2.63. The van der Waals surface area contributed by atoms with Crippen LogP contribution in [-0.2, 0) is 80.5 Å². The number of ether oxygens (including phenoxy) is 17. The normalized spacial score (nSPS) is 47.8. The Labute approximate surface area is 406 Å². The summed E-state index contributed by atoms with van der Waals surface area (Å²) in [6.07, 6.45) is -9.34. The molecule has 0 aliphatic carbocycles. The third-order valence-corrected chi connectivity index (χ3v) is 15.9. The van der Waals surface area contributed by atoms with E-state index in [0.717, 1.165) is 5.56 Å². The average molecular weight is 980 g/mol. The summed E-state index contributed by atoms with van der Waals surface area (Å²) in [4.78, 5) is 3.01. The van der Waals surface area contributed by atoms with Gasteiger partial charge in [-0.3, -0.25) is 0 Å². The van der Waals surface area contributed by atoms with Crippen LogP contribution >= 0.6 is 0 Å². The predicted molar refractivity (Wildman–Crippen MR) is 243 cm³/mol. The molecule has 7 heterocycles. The molecule has 7 aliphatic heterocycles. The monoisotopic (exact) mass is 980 g/mol. The zero-order chi connectivity index (χ0) is 49.1. The molecular formula is C49H77N3O17. The maximum Gasteiger partial charge on any atom is 0.185 e. The number of nitrogens with zero attached hydrogens (tertiary/aromatic N) is 3. The molecule has 7 saturated heterocycles.